The number of aliphatic hydroxyl groups excluding tert-OH is 4. The van der Waals surface area contributed by atoms with Crippen molar-refractivity contribution >= 4 is 27.6 Å². The van der Waals surface area contributed by atoms with Crippen LogP contribution in [0.3, 0.4) is 0 Å². The Hall–Kier alpha value is -2.86. The lowest BCUT2D eigenvalue weighted by molar-refractivity contribution is -0.216. The van der Waals surface area contributed by atoms with Crippen LogP contribution in [-0.4, -0.2) is 115 Å². The molecule has 1 aliphatic carbocycles. The second-order valence-corrected chi connectivity index (χ2v) is 19.5. The SMILES string of the molecule is CCCCC/C=C\C/C=C\C/C=C\C/C=C\CCCC(=O)O[C@H](COC(=O)CCC/C=C\CC1OC1C/C=C\C/C=C\CCCCC)COP(=O)(O)O[C@H]1C(O)C(O)C(O)[C@@H](OP(=O)(O)O)C1O. The lowest BCUT2D eigenvalue weighted by atomic mass is 9.85. The van der Waals surface area contributed by atoms with Gasteiger partial charge in [0.2, 0.25) is 0 Å². The summed E-state index contributed by atoms with van der Waals surface area (Å²) in [6.45, 7) is 2.94. The molecule has 0 bridgehead atoms. The van der Waals surface area contributed by atoms with E-state index < -0.39 is 83.5 Å². The van der Waals surface area contributed by atoms with Crippen LogP contribution in [0.4, 0.5) is 0 Å². The monoisotopic (exact) mass is 1000 g/mol. The Morgan fingerprint density at radius 3 is 1.46 bits per heavy atom. The first kappa shape index (κ1) is 61.3. The molecule has 388 valence electrons. The third-order valence-electron chi connectivity index (χ3n) is 10.8. The fourth-order valence-electron chi connectivity index (χ4n) is 6.93. The average molecular weight is 1000 g/mol. The minimum absolute atomic E-state index is 0.0203. The van der Waals surface area contributed by atoms with Crippen molar-refractivity contribution < 1.29 is 81.6 Å². The Bertz CT molecular complexity index is 1700. The fourth-order valence-corrected chi connectivity index (χ4v) is 8.47. The van der Waals surface area contributed by atoms with E-state index in [0.717, 1.165) is 51.4 Å². The molecule has 7 unspecified atom stereocenters. The summed E-state index contributed by atoms with van der Waals surface area (Å²) in [6, 6.07) is 0. The fraction of sp³-hybridized carbons (Fsp3) is 0.673. The summed E-state index contributed by atoms with van der Waals surface area (Å²) in [5.74, 6) is -1.35. The number of esters is 2. The molecular formula is C49H80O17P2. The number of rotatable bonds is 38. The van der Waals surface area contributed by atoms with E-state index in [-0.39, 0.29) is 25.0 Å². The largest absolute Gasteiger partial charge is 0.472 e. The molecule has 10 atom stereocenters. The van der Waals surface area contributed by atoms with Gasteiger partial charge in [-0.2, -0.15) is 0 Å². The average Bonchev–Trinajstić information content (AvgIpc) is 4.05. The second-order valence-electron chi connectivity index (χ2n) is 16.9. The Balaban J connectivity index is 1.85. The number of phosphoric acid groups is 2. The van der Waals surface area contributed by atoms with E-state index in [9.17, 15) is 53.8 Å². The van der Waals surface area contributed by atoms with Gasteiger partial charge in [-0.3, -0.25) is 23.2 Å². The summed E-state index contributed by atoms with van der Waals surface area (Å²) in [6.07, 6.45) is 31.4. The summed E-state index contributed by atoms with van der Waals surface area (Å²) in [7, 11) is -10.7. The first-order valence-corrected chi connectivity index (χ1v) is 27.3. The highest BCUT2D eigenvalue weighted by molar-refractivity contribution is 7.47. The minimum Gasteiger partial charge on any atom is -0.462 e. The van der Waals surface area contributed by atoms with Crippen molar-refractivity contribution in [2.45, 2.75) is 197 Å². The number of epoxide rings is 1. The Morgan fingerprint density at radius 2 is 0.956 bits per heavy atom. The lowest BCUT2D eigenvalue weighted by Crippen LogP contribution is -2.64. The molecule has 0 aromatic carbocycles. The van der Waals surface area contributed by atoms with Crippen molar-refractivity contribution in [1.82, 2.24) is 0 Å². The molecule has 1 aliphatic heterocycles. The standard InChI is InChI=1S/C49H80O17P2/c1-3-5-7-9-11-13-14-15-16-17-18-19-20-22-24-26-32-36-43(51)63-39(38-62-68(59,60)66-49-46(54)44(52)45(53)48(47(49)55)65-67(56,57)58)37-61-42(50)35-31-28-27-30-34-41-40(64-41)33-29-25-23-21-12-10-8-6-4-2/h11-13,15-16,18-19,21-22,24-25,27,29-30,39-41,44-49,52-55H,3-10,14,17,20,23,26,28,31-38H2,1-2H3,(H,59,60)(H2,56,57,58)/b13-11-,16-15-,19-18-,21-12-,24-22-,29-25-,30-27-/t39-,40?,41?,44?,45?,46?,47?,48-,49+/m1/s1. The van der Waals surface area contributed by atoms with Crippen LogP contribution in [-0.2, 0) is 46.5 Å². The third-order valence-corrected chi connectivity index (χ3v) is 12.3. The molecule has 17 nitrogen and oxygen atoms in total. The maximum Gasteiger partial charge on any atom is 0.472 e. The predicted octanol–water partition coefficient (Wildman–Crippen LogP) is 8.38. The van der Waals surface area contributed by atoms with Crippen LogP contribution in [0.25, 0.3) is 0 Å². The summed E-state index contributed by atoms with van der Waals surface area (Å²) in [5.41, 5.74) is 0. The van der Waals surface area contributed by atoms with Gasteiger partial charge in [0.25, 0.3) is 0 Å². The molecule has 0 spiro atoms. The van der Waals surface area contributed by atoms with Crippen molar-refractivity contribution in [2.24, 2.45) is 0 Å². The zero-order valence-corrected chi connectivity index (χ0v) is 41.7. The zero-order chi connectivity index (χ0) is 50.0. The molecule has 7 N–H and O–H groups in total. The maximum atomic E-state index is 13.0. The molecular weight excluding hydrogens is 922 g/mol. The first-order chi connectivity index (χ1) is 32.6. The van der Waals surface area contributed by atoms with Crippen molar-refractivity contribution in [2.75, 3.05) is 13.2 Å². The van der Waals surface area contributed by atoms with Crippen LogP contribution in [0.2, 0.25) is 0 Å². The van der Waals surface area contributed by atoms with E-state index in [4.69, 9.17) is 23.3 Å². The maximum absolute atomic E-state index is 13.0. The van der Waals surface area contributed by atoms with Gasteiger partial charge in [-0.25, -0.2) is 9.13 Å². The molecule has 0 aromatic heterocycles. The van der Waals surface area contributed by atoms with Crippen LogP contribution in [0.5, 0.6) is 0 Å². The van der Waals surface area contributed by atoms with Gasteiger partial charge in [-0.05, 0) is 89.9 Å². The van der Waals surface area contributed by atoms with E-state index in [1.54, 1.807) is 0 Å². The number of aliphatic hydroxyl groups is 4. The van der Waals surface area contributed by atoms with Gasteiger partial charge in [0, 0.05) is 12.8 Å². The van der Waals surface area contributed by atoms with Crippen LogP contribution in [0.1, 0.15) is 142 Å². The van der Waals surface area contributed by atoms with E-state index in [0.29, 0.717) is 25.7 Å². The van der Waals surface area contributed by atoms with Crippen molar-refractivity contribution in [3.8, 4) is 0 Å². The number of carbonyl (C=O) groups is 2. The Labute approximate surface area is 403 Å². The van der Waals surface area contributed by atoms with Gasteiger partial charge < -0.3 is 49.3 Å². The van der Waals surface area contributed by atoms with Gasteiger partial charge in [0.15, 0.2) is 6.10 Å². The van der Waals surface area contributed by atoms with E-state index >= 15 is 0 Å². The van der Waals surface area contributed by atoms with Crippen molar-refractivity contribution in [1.29, 1.82) is 0 Å². The second kappa shape index (κ2) is 36.1. The molecule has 19 heteroatoms. The van der Waals surface area contributed by atoms with Crippen LogP contribution < -0.4 is 0 Å². The highest BCUT2D eigenvalue weighted by atomic mass is 31.2. The third kappa shape index (κ3) is 29.4. The Morgan fingerprint density at radius 1 is 0.529 bits per heavy atom. The van der Waals surface area contributed by atoms with E-state index in [2.05, 4.69) is 73.1 Å². The van der Waals surface area contributed by atoms with Gasteiger partial charge in [-0.15, -0.1) is 0 Å². The number of phosphoric ester groups is 2. The topological polar surface area (TPSA) is 269 Å². The number of allylic oxidation sites excluding steroid dienone is 12. The number of hydrogen-bond donors (Lipinski definition) is 7. The summed E-state index contributed by atoms with van der Waals surface area (Å²) < 4.78 is 55.1. The van der Waals surface area contributed by atoms with E-state index in [1.165, 1.54) is 38.5 Å². The van der Waals surface area contributed by atoms with E-state index in [1.807, 2.05) is 30.4 Å². The van der Waals surface area contributed by atoms with Crippen LogP contribution >= 0.6 is 15.6 Å². The summed E-state index contributed by atoms with van der Waals surface area (Å²) in [5, 5.41) is 41.3. The summed E-state index contributed by atoms with van der Waals surface area (Å²) >= 11 is 0. The first-order valence-electron chi connectivity index (χ1n) is 24.3. The number of ether oxygens (including phenoxy) is 3. The Kier molecular flexibility index (Phi) is 32.5. The normalized spacial score (nSPS) is 25.0. The molecule has 0 radical (unpaired) electrons. The molecule has 1 saturated carbocycles. The molecule has 2 rings (SSSR count). The van der Waals surface area contributed by atoms with Crippen LogP contribution in [0.15, 0.2) is 85.1 Å². The van der Waals surface area contributed by atoms with Gasteiger partial charge >= 0.3 is 27.6 Å². The van der Waals surface area contributed by atoms with Gasteiger partial charge in [-0.1, -0.05) is 125 Å². The lowest BCUT2D eigenvalue weighted by Gasteiger charge is -2.43. The molecule has 2 aliphatic rings. The van der Waals surface area contributed by atoms with Crippen molar-refractivity contribution in [3.05, 3.63) is 85.1 Å². The highest BCUT2D eigenvalue weighted by Gasteiger charge is 2.54. The molecule has 2 fully saturated rings. The number of carbonyl (C=O) groups excluding carboxylic acids is 2. The number of hydrogen-bond acceptors (Lipinski definition) is 14. The van der Waals surface area contributed by atoms with Crippen molar-refractivity contribution in [3.63, 3.8) is 0 Å². The highest BCUT2D eigenvalue weighted by Crippen LogP contribution is 2.49. The quantitative estimate of drug-likeness (QED) is 0.0101. The van der Waals surface area contributed by atoms with Gasteiger partial charge in [0.05, 0.1) is 18.8 Å². The summed E-state index contributed by atoms with van der Waals surface area (Å²) in [4.78, 5) is 54.3. The zero-order valence-electron chi connectivity index (χ0n) is 39.9. The molecule has 68 heavy (non-hydrogen) atoms. The van der Waals surface area contributed by atoms with Gasteiger partial charge in [0.1, 0.15) is 43.2 Å². The smallest absolute Gasteiger partial charge is 0.462 e. The number of unbranched alkanes of at least 4 members (excludes halogenated alkanes) is 8. The minimum atomic E-state index is -5.38. The molecule has 0 aromatic rings. The molecule has 0 amide bonds. The molecule has 1 heterocycles. The van der Waals surface area contributed by atoms with Crippen LogP contribution in [0, 0.1) is 0 Å². The molecule has 1 saturated heterocycles. The predicted molar refractivity (Wildman–Crippen MR) is 259 cm³/mol.